The van der Waals surface area contributed by atoms with Crippen LogP contribution < -0.4 is 5.32 Å². The number of ether oxygens (including phenoxy) is 1. The van der Waals surface area contributed by atoms with Crippen LogP contribution in [0.5, 0.6) is 0 Å². The highest BCUT2D eigenvalue weighted by molar-refractivity contribution is 5.84. The molecule has 1 N–H and O–H groups in total. The molecular formula is C15H27NO2. The molecule has 0 saturated heterocycles. The molecule has 3 nitrogen and oxygen atoms in total. The maximum atomic E-state index is 12.3. The largest absolute Gasteiger partial charge is 0.361 e. The second kappa shape index (κ2) is 6.37. The van der Waals surface area contributed by atoms with E-state index in [1.807, 2.05) is 34.6 Å². The van der Waals surface area contributed by atoms with Crippen molar-refractivity contribution in [1.82, 2.24) is 5.32 Å². The van der Waals surface area contributed by atoms with Crippen LogP contribution in [-0.4, -0.2) is 23.7 Å². The predicted octanol–water partition coefficient (Wildman–Crippen LogP) is 3.20. The summed E-state index contributed by atoms with van der Waals surface area (Å²) in [7, 11) is 0. The van der Waals surface area contributed by atoms with Gasteiger partial charge in [-0.1, -0.05) is 6.08 Å². The van der Waals surface area contributed by atoms with Gasteiger partial charge >= 0.3 is 0 Å². The molecule has 0 heterocycles. The average Bonchev–Trinajstić information content (AvgIpc) is 2.24. The Morgan fingerprint density at radius 2 is 2.00 bits per heavy atom. The number of allylic oxidation sites excluding steroid dienone is 1. The molecule has 3 heteroatoms. The Kier molecular flexibility index (Phi) is 5.39. The van der Waals surface area contributed by atoms with E-state index in [-0.39, 0.29) is 17.6 Å². The predicted molar refractivity (Wildman–Crippen MR) is 74.5 cm³/mol. The van der Waals surface area contributed by atoms with Gasteiger partial charge in [-0.15, -0.1) is 0 Å². The molecule has 1 atom stereocenters. The van der Waals surface area contributed by atoms with Gasteiger partial charge in [-0.05, 0) is 65.9 Å². The summed E-state index contributed by atoms with van der Waals surface area (Å²) < 4.78 is 5.82. The molecule has 1 aliphatic carbocycles. The number of carbonyl (C=O) groups excluding carboxylic acids is 1. The molecule has 1 rings (SSSR count). The minimum atomic E-state index is -0.412. The molecular weight excluding hydrogens is 226 g/mol. The lowest BCUT2D eigenvalue weighted by molar-refractivity contribution is -0.134. The number of amides is 1. The van der Waals surface area contributed by atoms with Crippen molar-refractivity contribution in [2.75, 3.05) is 0 Å². The molecule has 0 spiro atoms. The molecule has 18 heavy (non-hydrogen) atoms. The van der Waals surface area contributed by atoms with Gasteiger partial charge in [-0.25, -0.2) is 0 Å². The fourth-order valence-electron chi connectivity index (χ4n) is 2.13. The molecule has 0 aliphatic heterocycles. The minimum Gasteiger partial charge on any atom is -0.361 e. The van der Waals surface area contributed by atoms with E-state index in [1.165, 1.54) is 6.42 Å². The van der Waals surface area contributed by atoms with Crippen LogP contribution in [0.4, 0.5) is 0 Å². The number of hydrogen-bond donors (Lipinski definition) is 1. The van der Waals surface area contributed by atoms with Crippen molar-refractivity contribution < 1.29 is 9.53 Å². The van der Waals surface area contributed by atoms with Crippen LogP contribution >= 0.6 is 0 Å². The standard InChI is InChI=1S/C15H27NO2/c1-11(2)18-13(12-9-7-6-8-10-12)14(17)16-15(3,4)5/h9,11,13H,6-8,10H2,1-5H3,(H,16,17). The highest BCUT2D eigenvalue weighted by Crippen LogP contribution is 2.23. The van der Waals surface area contributed by atoms with Crippen molar-refractivity contribution in [1.29, 1.82) is 0 Å². The van der Waals surface area contributed by atoms with Crippen molar-refractivity contribution in [3.8, 4) is 0 Å². The van der Waals surface area contributed by atoms with E-state index >= 15 is 0 Å². The Morgan fingerprint density at radius 1 is 1.33 bits per heavy atom. The smallest absolute Gasteiger partial charge is 0.253 e. The molecule has 0 aromatic carbocycles. The zero-order chi connectivity index (χ0) is 13.8. The normalized spacial score (nSPS) is 18.4. The first-order valence-corrected chi connectivity index (χ1v) is 6.96. The number of rotatable bonds is 4. The van der Waals surface area contributed by atoms with E-state index in [0.717, 1.165) is 24.8 Å². The zero-order valence-corrected chi connectivity index (χ0v) is 12.4. The van der Waals surface area contributed by atoms with Crippen LogP contribution in [-0.2, 0) is 9.53 Å². The molecule has 0 radical (unpaired) electrons. The molecule has 1 aliphatic rings. The fourth-order valence-corrected chi connectivity index (χ4v) is 2.13. The van der Waals surface area contributed by atoms with Crippen LogP contribution in [0.3, 0.4) is 0 Å². The first-order valence-electron chi connectivity index (χ1n) is 6.96. The third-order valence-corrected chi connectivity index (χ3v) is 2.81. The van der Waals surface area contributed by atoms with Gasteiger partial charge in [0.1, 0.15) is 0 Å². The number of hydrogen-bond acceptors (Lipinski definition) is 2. The Hall–Kier alpha value is -0.830. The maximum Gasteiger partial charge on any atom is 0.253 e. The lowest BCUT2D eigenvalue weighted by Crippen LogP contribution is -2.48. The molecule has 0 aromatic heterocycles. The van der Waals surface area contributed by atoms with Gasteiger partial charge in [-0.2, -0.15) is 0 Å². The molecule has 104 valence electrons. The molecule has 0 fully saturated rings. The number of carbonyl (C=O) groups is 1. The van der Waals surface area contributed by atoms with E-state index < -0.39 is 6.10 Å². The van der Waals surface area contributed by atoms with Crippen LogP contribution in [0.25, 0.3) is 0 Å². The maximum absolute atomic E-state index is 12.3. The quantitative estimate of drug-likeness (QED) is 0.781. The first-order chi connectivity index (χ1) is 8.29. The fraction of sp³-hybridized carbons (Fsp3) is 0.800. The summed E-state index contributed by atoms with van der Waals surface area (Å²) in [5.74, 6) is -0.00986. The second-order valence-electron chi connectivity index (χ2n) is 6.33. The Balaban J connectivity index is 2.77. The van der Waals surface area contributed by atoms with Gasteiger partial charge < -0.3 is 10.1 Å². The van der Waals surface area contributed by atoms with E-state index in [4.69, 9.17) is 4.74 Å². The van der Waals surface area contributed by atoms with Crippen LogP contribution in [0.15, 0.2) is 11.6 Å². The van der Waals surface area contributed by atoms with Gasteiger partial charge in [0, 0.05) is 5.54 Å². The lowest BCUT2D eigenvalue weighted by Gasteiger charge is -2.28. The molecule has 0 saturated carbocycles. The minimum absolute atomic E-state index is 0.00986. The first kappa shape index (κ1) is 15.2. The van der Waals surface area contributed by atoms with E-state index in [9.17, 15) is 4.79 Å². The molecule has 1 amide bonds. The van der Waals surface area contributed by atoms with Crippen LogP contribution in [0.2, 0.25) is 0 Å². The summed E-state index contributed by atoms with van der Waals surface area (Å²) in [6.45, 7) is 9.92. The Bertz CT molecular complexity index is 313. The van der Waals surface area contributed by atoms with Gasteiger partial charge in [0.15, 0.2) is 6.10 Å². The second-order valence-corrected chi connectivity index (χ2v) is 6.33. The van der Waals surface area contributed by atoms with Crippen LogP contribution in [0.1, 0.15) is 60.3 Å². The summed E-state index contributed by atoms with van der Waals surface area (Å²) in [5, 5.41) is 3.02. The molecule has 0 aromatic rings. The van der Waals surface area contributed by atoms with Gasteiger partial charge in [0.2, 0.25) is 0 Å². The SMILES string of the molecule is CC(C)OC(C(=O)NC(C)(C)C)C1=CCCCC1. The molecule has 1 unspecified atom stereocenters. The summed E-state index contributed by atoms with van der Waals surface area (Å²) in [4.78, 5) is 12.3. The van der Waals surface area contributed by atoms with E-state index in [0.29, 0.717) is 0 Å². The van der Waals surface area contributed by atoms with Gasteiger partial charge in [0.25, 0.3) is 5.91 Å². The Labute approximate surface area is 111 Å². The monoisotopic (exact) mass is 253 g/mol. The highest BCUT2D eigenvalue weighted by Gasteiger charge is 2.28. The van der Waals surface area contributed by atoms with E-state index in [1.54, 1.807) is 0 Å². The lowest BCUT2D eigenvalue weighted by atomic mass is 9.94. The molecule has 0 bridgehead atoms. The van der Waals surface area contributed by atoms with Crippen molar-refractivity contribution in [2.24, 2.45) is 0 Å². The zero-order valence-electron chi connectivity index (χ0n) is 12.4. The third kappa shape index (κ3) is 5.21. The summed E-state index contributed by atoms with van der Waals surface area (Å²) >= 11 is 0. The van der Waals surface area contributed by atoms with Gasteiger partial charge in [-0.3, -0.25) is 4.79 Å². The number of nitrogens with one attached hydrogen (secondary N) is 1. The topological polar surface area (TPSA) is 38.3 Å². The van der Waals surface area contributed by atoms with Crippen molar-refractivity contribution in [3.05, 3.63) is 11.6 Å². The average molecular weight is 253 g/mol. The Morgan fingerprint density at radius 3 is 2.44 bits per heavy atom. The van der Waals surface area contributed by atoms with Crippen molar-refractivity contribution in [2.45, 2.75) is 78.0 Å². The van der Waals surface area contributed by atoms with Crippen molar-refractivity contribution in [3.63, 3.8) is 0 Å². The summed E-state index contributed by atoms with van der Waals surface area (Å²) in [5.41, 5.74) is 0.932. The van der Waals surface area contributed by atoms with Gasteiger partial charge in [0.05, 0.1) is 6.10 Å². The van der Waals surface area contributed by atoms with E-state index in [2.05, 4.69) is 11.4 Å². The van der Waals surface area contributed by atoms with Crippen molar-refractivity contribution >= 4 is 5.91 Å². The third-order valence-electron chi connectivity index (χ3n) is 2.81. The summed E-state index contributed by atoms with van der Waals surface area (Å²) in [6, 6.07) is 0. The highest BCUT2D eigenvalue weighted by atomic mass is 16.5. The summed E-state index contributed by atoms with van der Waals surface area (Å²) in [6.07, 6.45) is 6.25. The van der Waals surface area contributed by atoms with Crippen LogP contribution in [0, 0.1) is 0 Å².